The number of amides is 1. The topological polar surface area (TPSA) is 97.6 Å². The van der Waals surface area contributed by atoms with Gasteiger partial charge in [-0.2, -0.15) is 5.26 Å². The number of benzene rings is 3. The van der Waals surface area contributed by atoms with Crippen LogP contribution in [0.5, 0.6) is 11.5 Å². The Kier molecular flexibility index (Phi) is 7.73. The third kappa shape index (κ3) is 5.59. The largest absolute Gasteiger partial charge is 0.497 e. The van der Waals surface area contributed by atoms with Crippen molar-refractivity contribution in [3.63, 3.8) is 0 Å². The lowest BCUT2D eigenvalue weighted by Gasteiger charge is -2.12. The molecule has 3 aromatic rings. The molecule has 0 bridgehead atoms. The molecule has 0 fully saturated rings. The second kappa shape index (κ2) is 10.9. The molecule has 0 aromatic heterocycles. The number of nitrogens with zero attached hydrogens (tertiary/aromatic N) is 1. The molecule has 0 saturated carbocycles. The molecule has 8 heteroatoms. The van der Waals surface area contributed by atoms with E-state index >= 15 is 0 Å². The summed E-state index contributed by atoms with van der Waals surface area (Å²) in [5.74, 6) is -0.151. The minimum atomic E-state index is -0.639. The van der Waals surface area contributed by atoms with E-state index in [1.165, 1.54) is 26.0 Å². The van der Waals surface area contributed by atoms with E-state index < -0.39 is 18.5 Å². The Morgan fingerprint density at radius 1 is 0.969 bits per heavy atom. The molecule has 1 N–H and O–H groups in total. The minimum absolute atomic E-state index is 0.306. The number of hydrogen-bond acceptors (Lipinski definition) is 7. The summed E-state index contributed by atoms with van der Waals surface area (Å²) in [4.78, 5) is 26.3. The molecule has 0 aliphatic carbocycles. The van der Waals surface area contributed by atoms with Crippen LogP contribution >= 0.6 is 11.8 Å². The average Bonchev–Trinajstić information content (AvgIpc) is 2.83. The number of nitrogens with one attached hydrogen (secondary N) is 1. The van der Waals surface area contributed by atoms with Gasteiger partial charge < -0.3 is 19.5 Å². The van der Waals surface area contributed by atoms with E-state index in [-0.39, 0.29) is 0 Å². The predicted octanol–water partition coefficient (Wildman–Crippen LogP) is 4.52. The second-order valence-corrected chi connectivity index (χ2v) is 7.48. The maximum Gasteiger partial charge on any atom is 0.339 e. The van der Waals surface area contributed by atoms with E-state index in [0.29, 0.717) is 33.2 Å². The van der Waals surface area contributed by atoms with Gasteiger partial charge in [0.1, 0.15) is 17.6 Å². The number of anilines is 1. The zero-order chi connectivity index (χ0) is 22.9. The van der Waals surface area contributed by atoms with Gasteiger partial charge in [-0.25, -0.2) is 4.79 Å². The fourth-order valence-corrected chi connectivity index (χ4v) is 3.80. The van der Waals surface area contributed by atoms with Crippen LogP contribution in [0.2, 0.25) is 0 Å². The van der Waals surface area contributed by atoms with Crippen LogP contribution in [-0.2, 0) is 9.53 Å². The molecular formula is C24H20N2O5S. The molecule has 0 atom stereocenters. The van der Waals surface area contributed by atoms with Crippen LogP contribution in [0, 0.1) is 11.3 Å². The maximum atomic E-state index is 12.7. The van der Waals surface area contributed by atoms with E-state index in [4.69, 9.17) is 14.2 Å². The van der Waals surface area contributed by atoms with Crippen molar-refractivity contribution in [1.29, 1.82) is 5.26 Å². The van der Waals surface area contributed by atoms with Crippen LogP contribution in [0.4, 0.5) is 5.69 Å². The first kappa shape index (κ1) is 22.7. The Morgan fingerprint density at radius 3 is 2.41 bits per heavy atom. The summed E-state index contributed by atoms with van der Waals surface area (Å²) in [6, 6.07) is 21.1. The number of methoxy groups -OCH3 is 2. The van der Waals surface area contributed by atoms with Gasteiger partial charge >= 0.3 is 5.97 Å². The second-order valence-electron chi connectivity index (χ2n) is 6.40. The highest BCUT2D eigenvalue weighted by Crippen LogP contribution is 2.33. The van der Waals surface area contributed by atoms with Crippen molar-refractivity contribution in [3.05, 3.63) is 77.9 Å². The van der Waals surface area contributed by atoms with Crippen LogP contribution in [0.3, 0.4) is 0 Å². The maximum absolute atomic E-state index is 12.7. The first-order valence-electron chi connectivity index (χ1n) is 9.50. The summed E-state index contributed by atoms with van der Waals surface area (Å²) in [6.45, 7) is -0.470. The van der Waals surface area contributed by atoms with Crippen LogP contribution in [0.15, 0.2) is 76.5 Å². The fourth-order valence-electron chi connectivity index (χ4n) is 2.79. The Morgan fingerprint density at radius 2 is 1.69 bits per heavy atom. The van der Waals surface area contributed by atoms with E-state index in [0.717, 1.165) is 4.90 Å². The Hall–Kier alpha value is -3.96. The van der Waals surface area contributed by atoms with Gasteiger partial charge in [0, 0.05) is 15.9 Å². The SMILES string of the molecule is COc1ccc(NC(=O)COC(=O)c2ccccc2Sc2ccccc2C#N)c(OC)c1. The van der Waals surface area contributed by atoms with Crippen LogP contribution in [0.25, 0.3) is 0 Å². The highest BCUT2D eigenvalue weighted by atomic mass is 32.2. The molecule has 0 heterocycles. The molecule has 1 amide bonds. The van der Waals surface area contributed by atoms with Crippen LogP contribution in [-0.4, -0.2) is 32.7 Å². The molecule has 0 unspecified atom stereocenters. The monoisotopic (exact) mass is 448 g/mol. The summed E-state index contributed by atoms with van der Waals surface area (Å²) >= 11 is 1.29. The summed E-state index contributed by atoms with van der Waals surface area (Å²) in [7, 11) is 3.00. The van der Waals surface area contributed by atoms with Gasteiger partial charge in [0.2, 0.25) is 0 Å². The third-order valence-electron chi connectivity index (χ3n) is 4.35. The normalized spacial score (nSPS) is 10.0. The van der Waals surface area contributed by atoms with Crippen molar-refractivity contribution >= 4 is 29.3 Å². The first-order valence-corrected chi connectivity index (χ1v) is 10.3. The van der Waals surface area contributed by atoms with Gasteiger partial charge in [0.25, 0.3) is 5.91 Å². The number of nitriles is 1. The van der Waals surface area contributed by atoms with Gasteiger partial charge in [0.15, 0.2) is 6.61 Å². The Labute approximate surface area is 189 Å². The number of rotatable bonds is 8. The molecule has 0 aliphatic rings. The van der Waals surface area contributed by atoms with Crippen molar-refractivity contribution in [2.75, 3.05) is 26.1 Å². The molecule has 32 heavy (non-hydrogen) atoms. The quantitative estimate of drug-likeness (QED) is 0.506. The van der Waals surface area contributed by atoms with Crippen molar-refractivity contribution < 1.29 is 23.8 Å². The molecular weight excluding hydrogens is 428 g/mol. The van der Waals surface area contributed by atoms with Gasteiger partial charge in [-0.05, 0) is 36.4 Å². The van der Waals surface area contributed by atoms with Crippen LogP contribution in [0.1, 0.15) is 15.9 Å². The van der Waals surface area contributed by atoms with Gasteiger partial charge in [-0.3, -0.25) is 4.79 Å². The molecule has 0 saturated heterocycles. The van der Waals surface area contributed by atoms with Crippen molar-refractivity contribution in [2.24, 2.45) is 0 Å². The Balaban J connectivity index is 1.67. The highest BCUT2D eigenvalue weighted by molar-refractivity contribution is 7.99. The summed E-state index contributed by atoms with van der Waals surface area (Å²) in [5.41, 5.74) is 1.24. The fraction of sp³-hybridized carbons (Fsp3) is 0.125. The summed E-state index contributed by atoms with van der Waals surface area (Å²) in [6.07, 6.45) is 0. The predicted molar refractivity (Wildman–Crippen MR) is 120 cm³/mol. The van der Waals surface area contributed by atoms with Gasteiger partial charge in [0.05, 0.1) is 31.0 Å². The number of ether oxygens (including phenoxy) is 3. The van der Waals surface area contributed by atoms with Gasteiger partial charge in [-0.15, -0.1) is 0 Å². The lowest BCUT2D eigenvalue weighted by atomic mass is 10.2. The smallest absolute Gasteiger partial charge is 0.339 e. The molecule has 0 spiro atoms. The van der Waals surface area contributed by atoms with E-state index in [2.05, 4.69) is 11.4 Å². The number of carbonyl (C=O) groups excluding carboxylic acids is 2. The first-order chi connectivity index (χ1) is 15.5. The average molecular weight is 449 g/mol. The zero-order valence-electron chi connectivity index (χ0n) is 17.5. The zero-order valence-corrected chi connectivity index (χ0v) is 18.3. The van der Waals surface area contributed by atoms with Crippen molar-refractivity contribution in [3.8, 4) is 17.6 Å². The molecule has 3 aromatic carbocycles. The lowest BCUT2D eigenvalue weighted by molar-refractivity contribution is -0.119. The molecule has 0 aliphatic heterocycles. The van der Waals surface area contributed by atoms with Crippen molar-refractivity contribution in [2.45, 2.75) is 9.79 Å². The standard InChI is InChI=1S/C24H20N2O5S/c1-29-17-11-12-19(20(13-17)30-2)26-23(27)15-31-24(28)18-8-4-6-10-22(18)32-21-9-5-3-7-16(21)14-25/h3-13H,15H2,1-2H3,(H,26,27). The molecule has 3 rings (SSSR count). The van der Waals surface area contributed by atoms with Gasteiger partial charge in [-0.1, -0.05) is 36.0 Å². The number of esters is 1. The Bertz CT molecular complexity index is 1170. The number of hydrogen-bond donors (Lipinski definition) is 1. The highest BCUT2D eigenvalue weighted by Gasteiger charge is 2.17. The molecule has 0 radical (unpaired) electrons. The number of carbonyl (C=O) groups is 2. The van der Waals surface area contributed by atoms with E-state index in [1.54, 1.807) is 60.7 Å². The lowest BCUT2D eigenvalue weighted by Crippen LogP contribution is -2.21. The van der Waals surface area contributed by atoms with Crippen LogP contribution < -0.4 is 14.8 Å². The summed E-state index contributed by atoms with van der Waals surface area (Å²) in [5, 5.41) is 11.9. The van der Waals surface area contributed by atoms with Crippen molar-refractivity contribution in [1.82, 2.24) is 0 Å². The molecule has 162 valence electrons. The summed E-state index contributed by atoms with van der Waals surface area (Å²) < 4.78 is 15.6. The third-order valence-corrected chi connectivity index (χ3v) is 5.50. The van der Waals surface area contributed by atoms with E-state index in [1.807, 2.05) is 6.07 Å². The van der Waals surface area contributed by atoms with E-state index in [9.17, 15) is 14.9 Å². The minimum Gasteiger partial charge on any atom is -0.497 e. The molecule has 7 nitrogen and oxygen atoms in total.